The molecule has 0 unspecified atom stereocenters. The zero-order valence-corrected chi connectivity index (χ0v) is 11.7. The standard InChI is InChI=1S/C11H26O2Si/c1-9(2)8-10(12)13-14(6,7)11(3,4)5/h9-10,12H,8H2,1-7H3/t10-/m0/s1. The summed E-state index contributed by atoms with van der Waals surface area (Å²) in [6.07, 6.45) is 0.142. The Morgan fingerprint density at radius 1 is 1.21 bits per heavy atom. The van der Waals surface area contributed by atoms with Crippen LogP contribution in [0.2, 0.25) is 18.1 Å². The Bertz CT molecular complexity index is 171. The molecular formula is C11H26O2Si. The van der Waals surface area contributed by atoms with Crippen molar-refractivity contribution in [1.29, 1.82) is 0 Å². The van der Waals surface area contributed by atoms with Crippen LogP contribution in [0.3, 0.4) is 0 Å². The topological polar surface area (TPSA) is 29.5 Å². The highest BCUT2D eigenvalue weighted by Crippen LogP contribution is 2.37. The van der Waals surface area contributed by atoms with Gasteiger partial charge in [0.2, 0.25) is 0 Å². The molecule has 0 spiro atoms. The first-order chi connectivity index (χ1) is 6.06. The van der Waals surface area contributed by atoms with Gasteiger partial charge in [-0.15, -0.1) is 0 Å². The Labute approximate surface area is 89.8 Å². The number of hydrogen-bond donors (Lipinski definition) is 1. The minimum absolute atomic E-state index is 0.172. The normalized spacial score (nSPS) is 16.1. The molecule has 0 rings (SSSR count). The van der Waals surface area contributed by atoms with Crippen molar-refractivity contribution in [3.05, 3.63) is 0 Å². The van der Waals surface area contributed by atoms with Crippen LogP contribution in [-0.2, 0) is 4.43 Å². The van der Waals surface area contributed by atoms with Crippen LogP contribution >= 0.6 is 0 Å². The van der Waals surface area contributed by atoms with Crippen molar-refractivity contribution in [2.24, 2.45) is 5.92 Å². The SMILES string of the molecule is CC(C)C[C@@H](O)O[Si](C)(C)C(C)(C)C. The fourth-order valence-corrected chi connectivity index (χ4v) is 2.10. The summed E-state index contributed by atoms with van der Waals surface area (Å²) in [4.78, 5) is 0. The third kappa shape index (κ3) is 4.58. The minimum Gasteiger partial charge on any atom is -0.392 e. The Balaban J connectivity index is 4.22. The maximum atomic E-state index is 9.73. The summed E-state index contributed by atoms with van der Waals surface area (Å²) in [6.45, 7) is 15.1. The molecular weight excluding hydrogens is 192 g/mol. The lowest BCUT2D eigenvalue weighted by Gasteiger charge is -2.38. The molecule has 0 radical (unpaired) electrons. The van der Waals surface area contributed by atoms with Gasteiger partial charge in [-0.25, -0.2) is 0 Å². The monoisotopic (exact) mass is 218 g/mol. The van der Waals surface area contributed by atoms with Crippen LogP contribution in [0.15, 0.2) is 0 Å². The van der Waals surface area contributed by atoms with Crippen molar-refractivity contribution < 1.29 is 9.53 Å². The van der Waals surface area contributed by atoms with Gasteiger partial charge in [0.15, 0.2) is 8.32 Å². The Morgan fingerprint density at radius 3 is 1.93 bits per heavy atom. The van der Waals surface area contributed by atoms with Gasteiger partial charge in [0.25, 0.3) is 0 Å². The van der Waals surface area contributed by atoms with Crippen LogP contribution in [0.25, 0.3) is 0 Å². The largest absolute Gasteiger partial charge is 0.392 e. The van der Waals surface area contributed by atoms with Gasteiger partial charge >= 0.3 is 0 Å². The van der Waals surface area contributed by atoms with Gasteiger partial charge in [0.05, 0.1) is 0 Å². The van der Waals surface area contributed by atoms with Gasteiger partial charge < -0.3 is 9.53 Å². The maximum Gasteiger partial charge on any atom is 0.195 e. The average Bonchev–Trinajstić information content (AvgIpc) is 1.79. The predicted molar refractivity (Wildman–Crippen MR) is 63.7 cm³/mol. The Hall–Kier alpha value is 0.137. The van der Waals surface area contributed by atoms with E-state index in [1.54, 1.807) is 0 Å². The molecule has 0 heterocycles. The van der Waals surface area contributed by atoms with Crippen LogP contribution in [0.5, 0.6) is 0 Å². The molecule has 3 heteroatoms. The third-order valence-electron chi connectivity index (χ3n) is 2.91. The molecule has 0 aromatic carbocycles. The van der Waals surface area contributed by atoms with Gasteiger partial charge in [-0.05, 0) is 30.5 Å². The molecule has 0 fully saturated rings. The van der Waals surface area contributed by atoms with Crippen molar-refractivity contribution in [3.8, 4) is 0 Å². The van der Waals surface area contributed by atoms with E-state index < -0.39 is 14.6 Å². The first-order valence-corrected chi connectivity index (χ1v) is 8.33. The summed E-state index contributed by atoms with van der Waals surface area (Å²) >= 11 is 0. The zero-order chi connectivity index (χ0) is 11.6. The van der Waals surface area contributed by atoms with E-state index in [2.05, 4.69) is 47.7 Å². The Morgan fingerprint density at radius 2 is 1.64 bits per heavy atom. The second kappa shape index (κ2) is 4.77. The van der Waals surface area contributed by atoms with Crippen molar-refractivity contribution >= 4 is 8.32 Å². The van der Waals surface area contributed by atoms with Crippen LogP contribution in [0.4, 0.5) is 0 Å². The first-order valence-electron chi connectivity index (χ1n) is 5.42. The van der Waals surface area contributed by atoms with Crippen LogP contribution in [0, 0.1) is 5.92 Å². The molecule has 14 heavy (non-hydrogen) atoms. The summed E-state index contributed by atoms with van der Waals surface area (Å²) in [6, 6.07) is 0. The third-order valence-corrected chi connectivity index (χ3v) is 7.38. The number of hydrogen-bond acceptors (Lipinski definition) is 2. The highest BCUT2D eigenvalue weighted by atomic mass is 28.4. The number of aliphatic hydroxyl groups is 1. The predicted octanol–water partition coefficient (Wildman–Crippen LogP) is 3.37. The van der Waals surface area contributed by atoms with E-state index >= 15 is 0 Å². The van der Waals surface area contributed by atoms with Gasteiger partial charge in [-0.2, -0.15) is 0 Å². The molecule has 1 atom stereocenters. The Kier molecular flexibility index (Phi) is 4.82. The summed E-state index contributed by atoms with van der Waals surface area (Å²) in [7, 11) is -1.78. The number of rotatable bonds is 4. The molecule has 0 aliphatic heterocycles. The molecule has 0 aliphatic rings. The van der Waals surface area contributed by atoms with E-state index in [9.17, 15) is 5.11 Å². The number of aliphatic hydroxyl groups excluding tert-OH is 1. The average molecular weight is 218 g/mol. The van der Waals surface area contributed by atoms with Gasteiger partial charge in [0, 0.05) is 0 Å². The highest BCUT2D eigenvalue weighted by Gasteiger charge is 2.38. The van der Waals surface area contributed by atoms with Gasteiger partial charge in [0.1, 0.15) is 6.29 Å². The highest BCUT2D eigenvalue weighted by molar-refractivity contribution is 6.74. The van der Waals surface area contributed by atoms with Crippen molar-refractivity contribution in [3.63, 3.8) is 0 Å². The second-order valence-electron chi connectivity index (χ2n) is 5.96. The van der Waals surface area contributed by atoms with Gasteiger partial charge in [-0.1, -0.05) is 34.6 Å². The fraction of sp³-hybridized carbons (Fsp3) is 1.00. The molecule has 86 valence electrons. The van der Waals surface area contributed by atoms with Crippen LogP contribution < -0.4 is 0 Å². The molecule has 0 aliphatic carbocycles. The molecule has 0 bridgehead atoms. The molecule has 0 aromatic rings. The summed E-state index contributed by atoms with van der Waals surface area (Å²) in [5.41, 5.74) is 0. The van der Waals surface area contributed by atoms with E-state index in [4.69, 9.17) is 4.43 Å². The van der Waals surface area contributed by atoms with Crippen molar-refractivity contribution in [1.82, 2.24) is 0 Å². The molecule has 1 N–H and O–H groups in total. The lowest BCUT2D eigenvalue weighted by atomic mass is 10.1. The van der Waals surface area contributed by atoms with E-state index in [1.807, 2.05) is 0 Å². The maximum absolute atomic E-state index is 9.73. The van der Waals surface area contributed by atoms with E-state index in [0.717, 1.165) is 6.42 Å². The van der Waals surface area contributed by atoms with E-state index in [0.29, 0.717) is 5.92 Å². The van der Waals surface area contributed by atoms with Crippen LogP contribution in [-0.4, -0.2) is 19.7 Å². The van der Waals surface area contributed by atoms with Gasteiger partial charge in [-0.3, -0.25) is 0 Å². The smallest absolute Gasteiger partial charge is 0.195 e. The molecule has 0 saturated carbocycles. The summed E-state index contributed by atoms with van der Waals surface area (Å²) < 4.78 is 5.81. The van der Waals surface area contributed by atoms with E-state index in [-0.39, 0.29) is 5.04 Å². The second-order valence-corrected chi connectivity index (χ2v) is 10.7. The van der Waals surface area contributed by atoms with E-state index in [1.165, 1.54) is 0 Å². The first kappa shape index (κ1) is 14.1. The molecule has 0 amide bonds. The zero-order valence-electron chi connectivity index (χ0n) is 10.7. The lowest BCUT2D eigenvalue weighted by molar-refractivity contribution is -0.0417. The lowest BCUT2D eigenvalue weighted by Crippen LogP contribution is -2.44. The molecule has 0 aromatic heterocycles. The summed E-state index contributed by atoms with van der Waals surface area (Å²) in [5, 5.41) is 9.90. The van der Waals surface area contributed by atoms with Crippen molar-refractivity contribution in [2.75, 3.05) is 0 Å². The minimum atomic E-state index is -1.78. The quantitative estimate of drug-likeness (QED) is 0.579. The van der Waals surface area contributed by atoms with Crippen molar-refractivity contribution in [2.45, 2.75) is 65.5 Å². The summed E-state index contributed by atoms with van der Waals surface area (Å²) in [5.74, 6) is 0.481. The molecule has 0 saturated heterocycles. The fourth-order valence-electron chi connectivity index (χ4n) is 0.968. The van der Waals surface area contributed by atoms with Crippen LogP contribution in [0.1, 0.15) is 41.0 Å². The molecule has 2 nitrogen and oxygen atoms in total.